The summed E-state index contributed by atoms with van der Waals surface area (Å²) in [4.78, 5) is 14.5. The van der Waals surface area contributed by atoms with Crippen LogP contribution in [-0.4, -0.2) is 32.8 Å². The molecule has 5 nitrogen and oxygen atoms in total. The molecule has 3 rings (SSSR count). The van der Waals surface area contributed by atoms with E-state index in [0.29, 0.717) is 18.7 Å². The van der Waals surface area contributed by atoms with Crippen molar-refractivity contribution < 1.29 is 13.2 Å². The number of carbonyl (C=O) groups is 1. The van der Waals surface area contributed by atoms with E-state index in [1.54, 1.807) is 17.0 Å². The molecule has 120 valence electrons. The van der Waals surface area contributed by atoms with Crippen LogP contribution in [0.5, 0.6) is 0 Å². The van der Waals surface area contributed by atoms with Crippen molar-refractivity contribution in [3.63, 3.8) is 0 Å². The minimum Gasteiger partial charge on any atom is -0.334 e. The number of fused-ring (bicyclic) bond motifs is 1. The fourth-order valence-electron chi connectivity index (χ4n) is 2.75. The number of benzene rings is 2. The van der Waals surface area contributed by atoms with Crippen LogP contribution < -0.4 is 4.72 Å². The van der Waals surface area contributed by atoms with Crippen molar-refractivity contribution in [2.75, 3.05) is 13.6 Å². The molecule has 1 N–H and O–H groups in total. The van der Waals surface area contributed by atoms with Gasteiger partial charge in [-0.25, -0.2) is 13.1 Å². The van der Waals surface area contributed by atoms with Crippen LogP contribution in [0.3, 0.4) is 0 Å². The Balaban J connectivity index is 1.79. The highest BCUT2D eigenvalue weighted by molar-refractivity contribution is 7.89. The molecule has 0 radical (unpaired) electrons. The molecule has 0 atom stereocenters. The molecule has 1 heterocycles. The second-order valence-corrected chi connectivity index (χ2v) is 7.36. The van der Waals surface area contributed by atoms with Crippen molar-refractivity contribution in [3.05, 3.63) is 65.2 Å². The number of nitrogens with one attached hydrogen (secondary N) is 1. The van der Waals surface area contributed by atoms with Crippen molar-refractivity contribution in [1.29, 1.82) is 0 Å². The molecule has 0 aromatic heterocycles. The molecule has 0 saturated carbocycles. The highest BCUT2D eigenvalue weighted by Gasteiger charge is 2.22. The van der Waals surface area contributed by atoms with Crippen LogP contribution in [0, 0.1) is 0 Å². The Kier molecular flexibility index (Phi) is 4.19. The van der Waals surface area contributed by atoms with Gasteiger partial charge in [0.05, 0.1) is 4.90 Å². The van der Waals surface area contributed by atoms with Gasteiger partial charge in [0.1, 0.15) is 0 Å². The molecule has 1 aliphatic heterocycles. The number of amides is 1. The van der Waals surface area contributed by atoms with Crippen molar-refractivity contribution in [3.8, 4) is 0 Å². The van der Waals surface area contributed by atoms with E-state index < -0.39 is 10.0 Å². The molecule has 1 amide bonds. The van der Waals surface area contributed by atoms with Crippen molar-refractivity contribution >= 4 is 15.9 Å². The molecule has 0 unspecified atom stereocenters. The first kappa shape index (κ1) is 15.7. The lowest BCUT2D eigenvalue weighted by Crippen LogP contribution is -2.35. The van der Waals surface area contributed by atoms with Gasteiger partial charge in [0.15, 0.2) is 0 Å². The zero-order chi connectivity index (χ0) is 16.4. The van der Waals surface area contributed by atoms with E-state index in [4.69, 9.17) is 0 Å². The maximum absolute atomic E-state index is 12.6. The summed E-state index contributed by atoms with van der Waals surface area (Å²) < 4.78 is 25.7. The maximum atomic E-state index is 12.6. The van der Waals surface area contributed by atoms with Gasteiger partial charge in [-0.05, 0) is 48.9 Å². The summed E-state index contributed by atoms with van der Waals surface area (Å²) in [6.07, 6.45) is 0.841. The van der Waals surface area contributed by atoms with E-state index in [1.165, 1.54) is 30.3 Å². The summed E-state index contributed by atoms with van der Waals surface area (Å²) in [7, 11) is -2.12. The molecule has 1 aliphatic rings. The lowest BCUT2D eigenvalue weighted by atomic mass is 9.99. The summed E-state index contributed by atoms with van der Waals surface area (Å²) in [6, 6.07) is 14.2. The van der Waals surface area contributed by atoms with Crippen molar-refractivity contribution in [2.45, 2.75) is 17.9 Å². The normalized spacial score (nSPS) is 14.4. The highest BCUT2D eigenvalue weighted by Crippen LogP contribution is 2.20. The minimum absolute atomic E-state index is 0.0760. The molecular formula is C17H18N2O3S. The van der Waals surface area contributed by atoms with E-state index in [1.807, 2.05) is 18.2 Å². The van der Waals surface area contributed by atoms with E-state index in [0.717, 1.165) is 6.42 Å². The lowest BCUT2D eigenvalue weighted by Gasteiger charge is -2.29. The fraction of sp³-hybridized carbons (Fsp3) is 0.235. The van der Waals surface area contributed by atoms with E-state index in [-0.39, 0.29) is 10.8 Å². The van der Waals surface area contributed by atoms with Crippen LogP contribution in [0.4, 0.5) is 0 Å². The number of carbonyl (C=O) groups excluding carboxylic acids is 1. The predicted molar refractivity (Wildman–Crippen MR) is 87.6 cm³/mol. The molecule has 0 saturated heterocycles. The van der Waals surface area contributed by atoms with Crippen LogP contribution in [0.1, 0.15) is 21.5 Å². The van der Waals surface area contributed by atoms with Gasteiger partial charge in [0.25, 0.3) is 5.91 Å². The Hall–Kier alpha value is -2.18. The third-order valence-corrected chi connectivity index (χ3v) is 5.53. The summed E-state index contributed by atoms with van der Waals surface area (Å²) >= 11 is 0. The third-order valence-electron chi connectivity index (χ3n) is 4.10. The molecule has 0 spiro atoms. The highest BCUT2D eigenvalue weighted by atomic mass is 32.2. The molecule has 0 fully saturated rings. The molecule has 2 aromatic carbocycles. The van der Waals surface area contributed by atoms with Crippen LogP contribution in [0.2, 0.25) is 0 Å². The SMILES string of the molecule is CNS(=O)(=O)c1ccc(C(=O)N2CCc3ccccc3C2)cc1. The lowest BCUT2D eigenvalue weighted by molar-refractivity contribution is 0.0734. The van der Waals surface area contributed by atoms with Crippen LogP contribution in [0.15, 0.2) is 53.4 Å². The number of hydrogen-bond acceptors (Lipinski definition) is 3. The van der Waals surface area contributed by atoms with Gasteiger partial charge < -0.3 is 4.90 Å². The summed E-state index contributed by atoms with van der Waals surface area (Å²) in [5, 5.41) is 0. The molecule has 6 heteroatoms. The monoisotopic (exact) mass is 330 g/mol. The maximum Gasteiger partial charge on any atom is 0.254 e. The van der Waals surface area contributed by atoms with Crippen molar-refractivity contribution in [1.82, 2.24) is 9.62 Å². The third kappa shape index (κ3) is 3.13. The molecular weight excluding hydrogens is 312 g/mol. The average molecular weight is 330 g/mol. The number of hydrogen-bond donors (Lipinski definition) is 1. The molecule has 0 bridgehead atoms. The first-order valence-electron chi connectivity index (χ1n) is 7.41. The first-order valence-corrected chi connectivity index (χ1v) is 8.89. The Morgan fingerprint density at radius 1 is 1.04 bits per heavy atom. The first-order chi connectivity index (χ1) is 11.0. The van der Waals surface area contributed by atoms with Gasteiger partial charge in [-0.15, -0.1) is 0 Å². The van der Waals surface area contributed by atoms with Crippen LogP contribution in [0.25, 0.3) is 0 Å². The number of rotatable bonds is 3. The fourth-order valence-corrected chi connectivity index (χ4v) is 3.48. The van der Waals surface area contributed by atoms with E-state index in [9.17, 15) is 13.2 Å². The van der Waals surface area contributed by atoms with Gasteiger partial charge in [0.2, 0.25) is 10.0 Å². The summed E-state index contributed by atoms with van der Waals surface area (Å²) in [6.45, 7) is 1.26. The second kappa shape index (κ2) is 6.14. The zero-order valence-electron chi connectivity index (χ0n) is 12.8. The molecule has 2 aromatic rings. The smallest absolute Gasteiger partial charge is 0.254 e. The Morgan fingerprint density at radius 2 is 1.70 bits per heavy atom. The Labute approximate surface area is 136 Å². The van der Waals surface area contributed by atoms with E-state index >= 15 is 0 Å². The quantitative estimate of drug-likeness (QED) is 0.933. The topological polar surface area (TPSA) is 66.5 Å². The molecule has 0 aliphatic carbocycles. The summed E-state index contributed by atoms with van der Waals surface area (Å²) in [5.74, 6) is -0.0760. The minimum atomic E-state index is -3.48. The van der Waals surface area contributed by atoms with Gasteiger partial charge in [-0.1, -0.05) is 24.3 Å². The van der Waals surface area contributed by atoms with Gasteiger partial charge in [0, 0.05) is 18.7 Å². The van der Waals surface area contributed by atoms with Gasteiger partial charge in [-0.2, -0.15) is 0 Å². The predicted octanol–water partition coefficient (Wildman–Crippen LogP) is 1.79. The largest absolute Gasteiger partial charge is 0.334 e. The second-order valence-electron chi connectivity index (χ2n) is 5.48. The van der Waals surface area contributed by atoms with Gasteiger partial charge in [-0.3, -0.25) is 4.79 Å². The number of nitrogens with zero attached hydrogens (tertiary/aromatic N) is 1. The Morgan fingerprint density at radius 3 is 2.35 bits per heavy atom. The van der Waals surface area contributed by atoms with Crippen molar-refractivity contribution in [2.24, 2.45) is 0 Å². The van der Waals surface area contributed by atoms with E-state index in [2.05, 4.69) is 10.8 Å². The average Bonchev–Trinajstić information content (AvgIpc) is 2.60. The summed E-state index contributed by atoms with van der Waals surface area (Å²) in [5.41, 5.74) is 2.95. The standard InChI is InChI=1S/C17H18N2O3S/c1-18-23(21,22)16-8-6-14(7-9-16)17(20)19-11-10-13-4-2-3-5-15(13)12-19/h2-9,18H,10-12H2,1H3. The number of sulfonamides is 1. The zero-order valence-corrected chi connectivity index (χ0v) is 13.6. The van der Waals surface area contributed by atoms with Crippen LogP contribution >= 0.6 is 0 Å². The molecule has 23 heavy (non-hydrogen) atoms. The Bertz CT molecular complexity index is 829. The van der Waals surface area contributed by atoms with Gasteiger partial charge >= 0.3 is 0 Å². The van der Waals surface area contributed by atoms with Crippen LogP contribution in [-0.2, 0) is 23.0 Å².